The van der Waals surface area contributed by atoms with Crippen molar-refractivity contribution in [3.63, 3.8) is 0 Å². The van der Waals surface area contributed by atoms with Crippen molar-refractivity contribution < 1.29 is 14.4 Å². The Morgan fingerprint density at radius 1 is 1.06 bits per heavy atom. The van der Waals surface area contributed by atoms with Crippen LogP contribution in [0.3, 0.4) is 0 Å². The van der Waals surface area contributed by atoms with Crippen LogP contribution in [0.1, 0.15) is 54.6 Å². The van der Waals surface area contributed by atoms with Crippen molar-refractivity contribution in [1.29, 1.82) is 0 Å². The third-order valence-corrected chi connectivity index (χ3v) is 8.13. The van der Waals surface area contributed by atoms with E-state index in [4.69, 9.17) is 5.73 Å². The molecule has 1 fully saturated rings. The topological polar surface area (TPSA) is 95.7 Å². The number of thiophene rings is 2. The molecule has 1 aliphatic heterocycles. The fourth-order valence-corrected chi connectivity index (χ4v) is 6.39. The van der Waals surface area contributed by atoms with Crippen molar-refractivity contribution in [1.82, 2.24) is 9.80 Å². The minimum Gasteiger partial charge on any atom is -0.365 e. The molecule has 0 aromatic carbocycles. The lowest BCUT2D eigenvalue weighted by Crippen LogP contribution is -2.49. The summed E-state index contributed by atoms with van der Waals surface area (Å²) >= 11 is 3.02. The Labute approximate surface area is 190 Å². The fourth-order valence-electron chi connectivity index (χ4n) is 4.24. The molecule has 2 aromatic rings. The maximum Gasteiger partial charge on any atom is 0.264 e. The summed E-state index contributed by atoms with van der Waals surface area (Å²) in [6, 6.07) is 3.86. The van der Waals surface area contributed by atoms with Crippen LogP contribution < -0.4 is 11.1 Å². The maximum absolute atomic E-state index is 12.6. The Kier molecular flexibility index (Phi) is 6.74. The number of carbonyl (C=O) groups is 3. The number of nitrogens with zero attached hydrogens (tertiary/aromatic N) is 2. The van der Waals surface area contributed by atoms with Gasteiger partial charge in [-0.3, -0.25) is 19.3 Å². The van der Waals surface area contributed by atoms with Crippen LogP contribution in [0.5, 0.6) is 0 Å². The molecule has 0 saturated carbocycles. The van der Waals surface area contributed by atoms with E-state index in [1.807, 2.05) is 24.0 Å². The lowest BCUT2D eigenvalue weighted by Gasteiger charge is -2.34. The van der Waals surface area contributed by atoms with Gasteiger partial charge in [0, 0.05) is 48.9 Å². The van der Waals surface area contributed by atoms with Gasteiger partial charge in [-0.1, -0.05) is 0 Å². The summed E-state index contributed by atoms with van der Waals surface area (Å²) in [6.07, 6.45) is 4.31. The zero-order chi connectivity index (χ0) is 22.0. The van der Waals surface area contributed by atoms with Crippen molar-refractivity contribution in [2.75, 3.05) is 38.0 Å². The SMILES string of the molecule is Cc1ccc(C(=O)N2CCN(CCC(=O)Nc3sc4c(c3C(N)=O)CCCC4)CC2)s1. The quantitative estimate of drug-likeness (QED) is 0.693. The summed E-state index contributed by atoms with van der Waals surface area (Å²) in [4.78, 5) is 44.3. The lowest BCUT2D eigenvalue weighted by molar-refractivity contribution is -0.116. The first-order valence-electron chi connectivity index (χ1n) is 10.7. The van der Waals surface area contributed by atoms with Crippen molar-refractivity contribution in [2.24, 2.45) is 5.73 Å². The highest BCUT2D eigenvalue weighted by Gasteiger charge is 2.26. The zero-order valence-electron chi connectivity index (χ0n) is 17.7. The molecule has 166 valence electrons. The van der Waals surface area contributed by atoms with E-state index >= 15 is 0 Å². The molecule has 3 amide bonds. The second kappa shape index (κ2) is 9.50. The Balaban J connectivity index is 1.27. The van der Waals surface area contributed by atoms with Crippen LogP contribution in [-0.4, -0.2) is 60.2 Å². The Morgan fingerprint density at radius 2 is 1.81 bits per heavy atom. The molecule has 0 unspecified atom stereocenters. The molecule has 0 bridgehead atoms. The number of rotatable bonds is 6. The van der Waals surface area contributed by atoms with Gasteiger partial charge in [0.2, 0.25) is 5.91 Å². The van der Waals surface area contributed by atoms with E-state index in [9.17, 15) is 14.4 Å². The zero-order valence-corrected chi connectivity index (χ0v) is 19.4. The minimum absolute atomic E-state index is 0.0936. The second-order valence-electron chi connectivity index (χ2n) is 8.12. The van der Waals surface area contributed by atoms with Crippen molar-refractivity contribution in [3.05, 3.63) is 37.9 Å². The number of carbonyl (C=O) groups excluding carboxylic acids is 3. The average Bonchev–Trinajstić information content (AvgIpc) is 3.35. The number of nitrogens with one attached hydrogen (secondary N) is 1. The molecule has 9 heteroatoms. The molecule has 2 aliphatic rings. The summed E-state index contributed by atoms with van der Waals surface area (Å²) in [5.41, 5.74) is 7.14. The maximum atomic E-state index is 12.6. The first kappa shape index (κ1) is 22.0. The summed E-state index contributed by atoms with van der Waals surface area (Å²) in [5, 5.41) is 3.53. The lowest BCUT2D eigenvalue weighted by atomic mass is 9.95. The van der Waals surface area contributed by atoms with Crippen LogP contribution in [0.4, 0.5) is 5.00 Å². The van der Waals surface area contributed by atoms with Gasteiger partial charge in [0.25, 0.3) is 11.8 Å². The summed E-state index contributed by atoms with van der Waals surface area (Å²) in [7, 11) is 0. The number of amides is 3. The van der Waals surface area contributed by atoms with Crippen LogP contribution >= 0.6 is 22.7 Å². The number of hydrogen-bond donors (Lipinski definition) is 2. The van der Waals surface area contributed by atoms with Crippen LogP contribution in [0.15, 0.2) is 12.1 Å². The Hall–Kier alpha value is -2.23. The smallest absolute Gasteiger partial charge is 0.264 e. The molecule has 3 N–H and O–H groups in total. The minimum atomic E-state index is -0.462. The van der Waals surface area contributed by atoms with Gasteiger partial charge in [0.05, 0.1) is 10.4 Å². The van der Waals surface area contributed by atoms with Gasteiger partial charge in [-0.25, -0.2) is 0 Å². The predicted octanol–water partition coefficient (Wildman–Crippen LogP) is 2.88. The Bertz CT molecular complexity index is 989. The van der Waals surface area contributed by atoms with Crippen molar-refractivity contribution in [3.8, 4) is 0 Å². The number of nitrogens with two attached hydrogens (primary N) is 1. The molecule has 3 heterocycles. The normalized spacial score (nSPS) is 16.7. The van der Waals surface area contributed by atoms with E-state index in [1.54, 1.807) is 0 Å². The predicted molar refractivity (Wildman–Crippen MR) is 124 cm³/mol. The highest BCUT2D eigenvalue weighted by molar-refractivity contribution is 7.17. The van der Waals surface area contributed by atoms with Gasteiger partial charge in [-0.2, -0.15) is 0 Å². The second-order valence-corrected chi connectivity index (χ2v) is 10.5. The van der Waals surface area contributed by atoms with Crippen LogP contribution in [0.2, 0.25) is 0 Å². The highest BCUT2D eigenvalue weighted by Crippen LogP contribution is 2.37. The molecule has 0 spiro atoms. The van der Waals surface area contributed by atoms with Gasteiger partial charge in [0.15, 0.2) is 0 Å². The number of anilines is 1. The van der Waals surface area contributed by atoms with E-state index in [0.29, 0.717) is 36.6 Å². The molecule has 7 nitrogen and oxygen atoms in total. The molecular formula is C22H28N4O3S2. The third-order valence-electron chi connectivity index (χ3n) is 5.94. The van der Waals surface area contributed by atoms with E-state index < -0.39 is 5.91 Å². The highest BCUT2D eigenvalue weighted by atomic mass is 32.1. The first-order chi connectivity index (χ1) is 14.9. The fraction of sp³-hybridized carbons (Fsp3) is 0.500. The molecule has 1 aliphatic carbocycles. The van der Waals surface area contributed by atoms with Gasteiger partial charge in [-0.05, 0) is 50.3 Å². The monoisotopic (exact) mass is 460 g/mol. The van der Waals surface area contributed by atoms with E-state index in [1.165, 1.54) is 27.6 Å². The van der Waals surface area contributed by atoms with Crippen molar-refractivity contribution >= 4 is 45.4 Å². The third kappa shape index (κ3) is 4.99. The van der Waals surface area contributed by atoms with Gasteiger partial charge in [0.1, 0.15) is 5.00 Å². The molecule has 4 rings (SSSR count). The summed E-state index contributed by atoms with van der Waals surface area (Å²) in [6.45, 7) is 5.47. The molecule has 0 atom stereocenters. The van der Waals surface area contributed by atoms with Gasteiger partial charge >= 0.3 is 0 Å². The number of aryl methyl sites for hydroxylation is 2. The molecule has 31 heavy (non-hydrogen) atoms. The summed E-state index contributed by atoms with van der Waals surface area (Å²) in [5.74, 6) is -0.471. The van der Waals surface area contributed by atoms with Crippen LogP contribution in [0, 0.1) is 6.92 Å². The largest absolute Gasteiger partial charge is 0.365 e. The first-order valence-corrected chi connectivity index (χ1v) is 12.4. The van der Waals surface area contributed by atoms with Crippen LogP contribution in [-0.2, 0) is 17.6 Å². The van der Waals surface area contributed by atoms with Gasteiger partial charge in [-0.15, -0.1) is 22.7 Å². The molecule has 2 aromatic heterocycles. The van der Waals surface area contributed by atoms with E-state index in [2.05, 4.69) is 10.2 Å². The van der Waals surface area contributed by atoms with Crippen LogP contribution in [0.25, 0.3) is 0 Å². The molecule has 1 saturated heterocycles. The molecule has 0 radical (unpaired) electrons. The number of piperazine rings is 1. The number of hydrogen-bond acceptors (Lipinski definition) is 6. The summed E-state index contributed by atoms with van der Waals surface area (Å²) < 4.78 is 0. The number of primary amides is 1. The number of fused-ring (bicyclic) bond motifs is 1. The van der Waals surface area contributed by atoms with Crippen molar-refractivity contribution in [2.45, 2.75) is 39.0 Å². The standard InChI is InChI=1S/C22H28N4O3S2/c1-14-6-7-17(30-14)22(29)26-12-10-25(11-13-26)9-8-18(27)24-21-19(20(23)28)15-4-2-3-5-16(15)31-21/h6-7H,2-5,8-13H2,1H3,(H2,23,28)(H,24,27). The van der Waals surface area contributed by atoms with E-state index in [0.717, 1.165) is 54.1 Å². The Morgan fingerprint density at radius 3 is 2.48 bits per heavy atom. The average molecular weight is 461 g/mol. The molecular weight excluding hydrogens is 432 g/mol. The van der Waals surface area contributed by atoms with Gasteiger partial charge < -0.3 is 16.0 Å². The van der Waals surface area contributed by atoms with E-state index in [-0.39, 0.29) is 11.8 Å².